The number of hydrogen-bond acceptors (Lipinski definition) is 5. The summed E-state index contributed by atoms with van der Waals surface area (Å²) in [5.74, 6) is 0.513. The van der Waals surface area contributed by atoms with E-state index >= 15 is 0 Å². The Bertz CT molecular complexity index is 1100. The lowest BCUT2D eigenvalue weighted by molar-refractivity contribution is 0.0713. The highest BCUT2D eigenvalue weighted by Crippen LogP contribution is 2.34. The lowest BCUT2D eigenvalue weighted by Crippen LogP contribution is -2.37. The first-order chi connectivity index (χ1) is 13.3. The van der Waals surface area contributed by atoms with E-state index in [1.54, 1.807) is 23.7 Å². The molecule has 1 aliphatic rings. The molecule has 1 aliphatic heterocycles. The van der Waals surface area contributed by atoms with E-state index in [0.29, 0.717) is 11.5 Å². The topological polar surface area (TPSA) is 59.0 Å². The van der Waals surface area contributed by atoms with Gasteiger partial charge in [0.1, 0.15) is 0 Å². The van der Waals surface area contributed by atoms with E-state index in [1.807, 2.05) is 29.2 Å². The molecule has 6 heteroatoms. The predicted molar refractivity (Wildman–Crippen MR) is 107 cm³/mol. The molecule has 3 heterocycles. The highest BCUT2D eigenvalue weighted by molar-refractivity contribution is 7.18. The fourth-order valence-electron chi connectivity index (χ4n) is 3.67. The zero-order valence-corrected chi connectivity index (χ0v) is 15.5. The minimum Gasteiger partial charge on any atom is -0.339 e. The van der Waals surface area contributed by atoms with Gasteiger partial charge < -0.3 is 4.90 Å². The van der Waals surface area contributed by atoms with Crippen LogP contribution in [0.4, 0.5) is 0 Å². The number of likely N-dealkylation sites (tertiary alicyclic amines) is 1. The van der Waals surface area contributed by atoms with E-state index in [2.05, 4.69) is 28.2 Å². The lowest BCUT2D eigenvalue weighted by Gasteiger charge is -2.31. The summed E-state index contributed by atoms with van der Waals surface area (Å²) in [6.45, 7) is 1.52. The van der Waals surface area contributed by atoms with Crippen molar-refractivity contribution < 1.29 is 4.79 Å². The minimum absolute atomic E-state index is 0.0744. The van der Waals surface area contributed by atoms with Crippen LogP contribution in [0.5, 0.6) is 0 Å². The van der Waals surface area contributed by atoms with E-state index in [0.717, 1.165) is 42.5 Å². The van der Waals surface area contributed by atoms with Crippen molar-refractivity contribution in [3.63, 3.8) is 0 Å². The summed E-state index contributed by atoms with van der Waals surface area (Å²) < 4.78 is 1.24. The highest BCUT2D eigenvalue weighted by Gasteiger charge is 2.26. The lowest BCUT2D eigenvalue weighted by atomic mass is 9.97. The first-order valence-corrected chi connectivity index (χ1v) is 9.95. The van der Waals surface area contributed by atoms with Gasteiger partial charge in [-0.2, -0.15) is 0 Å². The van der Waals surface area contributed by atoms with Crippen LogP contribution in [0.1, 0.15) is 34.1 Å². The van der Waals surface area contributed by atoms with Crippen molar-refractivity contribution in [2.45, 2.75) is 18.8 Å². The van der Waals surface area contributed by atoms with Crippen LogP contribution < -0.4 is 0 Å². The number of nitrogens with zero attached hydrogens (tertiary/aromatic N) is 4. The summed E-state index contributed by atoms with van der Waals surface area (Å²) in [5, 5.41) is 1.20. The van der Waals surface area contributed by atoms with Crippen molar-refractivity contribution in [3.8, 4) is 0 Å². The van der Waals surface area contributed by atoms with Gasteiger partial charge in [0.2, 0.25) is 0 Å². The van der Waals surface area contributed by atoms with Gasteiger partial charge >= 0.3 is 0 Å². The zero-order chi connectivity index (χ0) is 18.2. The van der Waals surface area contributed by atoms with Gasteiger partial charge in [-0.05, 0) is 43.2 Å². The van der Waals surface area contributed by atoms with Gasteiger partial charge in [-0.25, -0.2) is 4.98 Å². The Balaban J connectivity index is 1.31. The van der Waals surface area contributed by atoms with Crippen LogP contribution >= 0.6 is 11.3 Å². The van der Waals surface area contributed by atoms with Gasteiger partial charge in [0.15, 0.2) is 0 Å². The van der Waals surface area contributed by atoms with Crippen LogP contribution in [-0.2, 0) is 0 Å². The van der Waals surface area contributed by atoms with E-state index in [-0.39, 0.29) is 5.91 Å². The molecule has 4 aromatic rings. The van der Waals surface area contributed by atoms with Gasteiger partial charge in [-0.3, -0.25) is 14.8 Å². The molecule has 0 spiro atoms. The second kappa shape index (κ2) is 6.70. The Labute approximate surface area is 160 Å². The van der Waals surface area contributed by atoms with Crippen LogP contribution in [0, 0.1) is 0 Å². The number of carbonyl (C=O) groups excluding carboxylic acids is 1. The average Bonchev–Trinajstić information content (AvgIpc) is 3.17. The molecule has 5 nitrogen and oxygen atoms in total. The number of aromatic nitrogens is 3. The molecule has 0 aliphatic carbocycles. The van der Waals surface area contributed by atoms with Gasteiger partial charge in [-0.15, -0.1) is 11.3 Å². The number of rotatable bonds is 2. The van der Waals surface area contributed by atoms with Crippen LogP contribution in [0.2, 0.25) is 0 Å². The molecule has 5 rings (SSSR count). The number of benzene rings is 2. The number of fused-ring (bicyclic) bond motifs is 2. The molecule has 2 aromatic heterocycles. The Morgan fingerprint density at radius 2 is 1.74 bits per heavy atom. The standard InChI is InChI=1S/C21H18N4OS/c26-21(15-5-6-16-18(13-15)23-10-9-22-16)25-11-7-14(8-12-25)20-24-17-3-1-2-4-19(17)27-20/h1-6,9-10,13-14H,7-8,11-12H2. The smallest absolute Gasteiger partial charge is 0.253 e. The van der Waals surface area contributed by atoms with Crippen molar-refractivity contribution in [1.29, 1.82) is 0 Å². The molecule has 0 N–H and O–H groups in total. The number of amides is 1. The fourth-order valence-corrected chi connectivity index (χ4v) is 4.81. The van der Waals surface area contributed by atoms with Gasteiger partial charge in [-0.1, -0.05) is 12.1 Å². The number of carbonyl (C=O) groups is 1. The monoisotopic (exact) mass is 374 g/mol. The molecule has 27 heavy (non-hydrogen) atoms. The third-order valence-corrected chi connectivity index (χ3v) is 6.36. The largest absolute Gasteiger partial charge is 0.339 e. The van der Waals surface area contributed by atoms with Gasteiger partial charge in [0, 0.05) is 37.0 Å². The third kappa shape index (κ3) is 3.06. The molecular formula is C21H18N4OS. The molecular weight excluding hydrogens is 356 g/mol. The summed E-state index contributed by atoms with van der Waals surface area (Å²) in [6.07, 6.45) is 5.23. The second-order valence-corrected chi connectivity index (χ2v) is 7.91. The molecule has 134 valence electrons. The van der Waals surface area contributed by atoms with Crippen molar-refractivity contribution in [2.24, 2.45) is 0 Å². The summed E-state index contributed by atoms with van der Waals surface area (Å²) in [7, 11) is 0. The highest BCUT2D eigenvalue weighted by atomic mass is 32.1. The summed E-state index contributed by atoms with van der Waals surface area (Å²) >= 11 is 1.78. The summed E-state index contributed by atoms with van der Waals surface area (Å²) in [4.78, 5) is 28.2. The molecule has 0 atom stereocenters. The quantitative estimate of drug-likeness (QED) is 0.526. The van der Waals surface area contributed by atoms with Crippen LogP contribution in [0.3, 0.4) is 0 Å². The number of piperidine rings is 1. The van der Waals surface area contributed by atoms with E-state index in [1.165, 1.54) is 9.71 Å². The van der Waals surface area contributed by atoms with Crippen LogP contribution in [-0.4, -0.2) is 38.8 Å². The number of hydrogen-bond donors (Lipinski definition) is 0. The predicted octanol–water partition coefficient (Wildman–Crippen LogP) is 4.26. The SMILES string of the molecule is O=C(c1ccc2nccnc2c1)N1CCC(c2nc3ccccc3s2)CC1. The molecule has 0 radical (unpaired) electrons. The van der Waals surface area contributed by atoms with Crippen molar-refractivity contribution in [1.82, 2.24) is 19.9 Å². The van der Waals surface area contributed by atoms with E-state index < -0.39 is 0 Å². The second-order valence-electron chi connectivity index (χ2n) is 6.85. The van der Waals surface area contributed by atoms with E-state index in [9.17, 15) is 4.79 Å². The summed E-state index contributed by atoms with van der Waals surface area (Å²) in [5.41, 5.74) is 3.33. The van der Waals surface area contributed by atoms with Crippen molar-refractivity contribution in [2.75, 3.05) is 13.1 Å². The van der Waals surface area contributed by atoms with Crippen LogP contribution in [0.25, 0.3) is 21.3 Å². The van der Waals surface area contributed by atoms with E-state index in [4.69, 9.17) is 4.98 Å². The minimum atomic E-state index is 0.0744. The Morgan fingerprint density at radius 3 is 2.56 bits per heavy atom. The first kappa shape index (κ1) is 16.3. The molecule has 1 fully saturated rings. The molecule has 1 amide bonds. The molecule has 0 unspecified atom stereocenters. The number of thiazole rings is 1. The van der Waals surface area contributed by atoms with Crippen molar-refractivity contribution in [3.05, 3.63) is 65.4 Å². The molecule has 1 saturated heterocycles. The fraction of sp³-hybridized carbons (Fsp3) is 0.238. The van der Waals surface area contributed by atoms with Gasteiger partial charge in [0.05, 0.1) is 26.3 Å². The van der Waals surface area contributed by atoms with Crippen molar-refractivity contribution >= 4 is 38.5 Å². The Hall–Kier alpha value is -2.86. The molecule has 2 aromatic carbocycles. The molecule has 0 bridgehead atoms. The Kier molecular flexibility index (Phi) is 4.05. The Morgan fingerprint density at radius 1 is 0.963 bits per heavy atom. The maximum absolute atomic E-state index is 12.9. The first-order valence-electron chi connectivity index (χ1n) is 9.13. The number of para-hydroxylation sites is 1. The summed E-state index contributed by atoms with van der Waals surface area (Å²) in [6, 6.07) is 13.8. The third-order valence-electron chi connectivity index (χ3n) is 5.16. The van der Waals surface area contributed by atoms with Gasteiger partial charge in [0.25, 0.3) is 5.91 Å². The maximum atomic E-state index is 12.9. The zero-order valence-electron chi connectivity index (χ0n) is 14.7. The maximum Gasteiger partial charge on any atom is 0.253 e. The van der Waals surface area contributed by atoms with Crippen LogP contribution in [0.15, 0.2) is 54.9 Å². The molecule has 0 saturated carbocycles. The average molecular weight is 374 g/mol. The normalized spacial score (nSPS) is 15.5.